The first-order chi connectivity index (χ1) is 17.8. The Morgan fingerprint density at radius 3 is 2.24 bits per heavy atom. The molecule has 0 fully saturated rings. The minimum absolute atomic E-state index is 0.0348. The molecule has 0 aliphatic heterocycles. The fraction of sp³-hybridized carbons (Fsp3) is 0.286. The number of rotatable bonds is 13. The second-order valence-electron chi connectivity index (χ2n) is 8.57. The second kappa shape index (κ2) is 13.7. The van der Waals surface area contributed by atoms with E-state index in [9.17, 15) is 19.0 Å². The normalized spacial score (nSPS) is 13.3. The van der Waals surface area contributed by atoms with Crippen molar-refractivity contribution in [3.8, 4) is 16.9 Å². The zero-order chi connectivity index (χ0) is 26.7. The van der Waals surface area contributed by atoms with Crippen molar-refractivity contribution >= 4 is 19.5 Å². The number of hydrogen-bond donors (Lipinski definition) is 3. The monoisotopic (exact) mass is 524 g/mol. The maximum Gasteiger partial charge on any atom is 0.390 e. The van der Waals surface area contributed by atoms with E-state index in [-0.39, 0.29) is 31.7 Å². The fourth-order valence-electron chi connectivity index (χ4n) is 3.62. The summed E-state index contributed by atoms with van der Waals surface area (Å²) in [5.41, 5.74) is 3.98. The average Bonchev–Trinajstić information content (AvgIpc) is 2.89. The Kier molecular flexibility index (Phi) is 10.4. The number of nitrogens with one attached hydrogen (secondary N) is 2. The molecule has 37 heavy (non-hydrogen) atoms. The lowest BCUT2D eigenvalue weighted by Gasteiger charge is -2.21. The predicted octanol–water partition coefficient (Wildman–Crippen LogP) is 4.45. The van der Waals surface area contributed by atoms with Gasteiger partial charge in [-0.2, -0.15) is 0 Å². The Hall–Kier alpha value is -3.45. The van der Waals surface area contributed by atoms with Gasteiger partial charge in [0, 0.05) is 6.54 Å². The molecular weight excluding hydrogens is 491 g/mol. The highest BCUT2D eigenvalue weighted by Crippen LogP contribution is 2.41. The molecule has 8 nitrogen and oxygen atoms in total. The molecule has 3 aromatic rings. The van der Waals surface area contributed by atoms with Crippen LogP contribution in [0.3, 0.4) is 0 Å². The van der Waals surface area contributed by atoms with E-state index in [0.717, 1.165) is 22.3 Å². The van der Waals surface area contributed by atoms with Crippen LogP contribution in [0.5, 0.6) is 5.75 Å². The molecular formula is C28H33N2O6P. The van der Waals surface area contributed by atoms with Crippen molar-refractivity contribution in [2.45, 2.75) is 32.7 Å². The van der Waals surface area contributed by atoms with Gasteiger partial charge in [0.05, 0.1) is 19.1 Å². The largest absolute Gasteiger partial charge is 0.466 e. The highest BCUT2D eigenvalue weighted by atomic mass is 31.2. The molecule has 1 amide bonds. The van der Waals surface area contributed by atoms with Crippen LogP contribution in [0.25, 0.3) is 11.1 Å². The first-order valence-electron chi connectivity index (χ1n) is 12.1. The van der Waals surface area contributed by atoms with E-state index in [4.69, 9.17) is 9.26 Å². The van der Waals surface area contributed by atoms with Crippen molar-refractivity contribution in [3.05, 3.63) is 90.0 Å². The number of esters is 1. The van der Waals surface area contributed by atoms with Crippen LogP contribution < -0.4 is 15.2 Å². The van der Waals surface area contributed by atoms with Crippen LogP contribution in [0.1, 0.15) is 24.5 Å². The third kappa shape index (κ3) is 9.50. The maximum atomic E-state index is 13.0. The Labute approximate surface area is 217 Å². The maximum absolute atomic E-state index is 13.0. The quantitative estimate of drug-likeness (QED) is 0.224. The highest BCUT2D eigenvalue weighted by Gasteiger charge is 2.26. The molecule has 0 bridgehead atoms. The lowest BCUT2D eigenvalue weighted by Crippen LogP contribution is -2.46. The number of carbonyl (C=O) groups is 2. The van der Waals surface area contributed by atoms with Crippen LogP contribution in [0.15, 0.2) is 78.9 Å². The number of amides is 1. The van der Waals surface area contributed by atoms with Gasteiger partial charge in [-0.1, -0.05) is 72.3 Å². The third-order valence-corrected chi connectivity index (χ3v) is 6.64. The SMILES string of the molecule is CCOC(=O)CCNC(=O)[C@H](Cc1ccc(-c2ccccc2)cc1)NCP(=O)(O)Oc1ccc(C)cc1. The van der Waals surface area contributed by atoms with Crippen molar-refractivity contribution < 1.29 is 28.3 Å². The summed E-state index contributed by atoms with van der Waals surface area (Å²) in [5.74, 6) is -0.535. The van der Waals surface area contributed by atoms with Crippen molar-refractivity contribution in [3.63, 3.8) is 0 Å². The molecule has 3 aromatic carbocycles. The Balaban J connectivity index is 1.67. The number of aryl methyl sites for hydroxylation is 1. The molecule has 0 saturated carbocycles. The van der Waals surface area contributed by atoms with E-state index < -0.39 is 31.8 Å². The van der Waals surface area contributed by atoms with Crippen molar-refractivity contribution in [1.29, 1.82) is 0 Å². The molecule has 196 valence electrons. The fourth-order valence-corrected chi connectivity index (χ4v) is 4.59. The van der Waals surface area contributed by atoms with Crippen LogP contribution in [0.2, 0.25) is 0 Å². The lowest BCUT2D eigenvalue weighted by molar-refractivity contribution is -0.143. The zero-order valence-electron chi connectivity index (χ0n) is 21.1. The minimum Gasteiger partial charge on any atom is -0.466 e. The summed E-state index contributed by atoms with van der Waals surface area (Å²) in [6.45, 7) is 3.98. The summed E-state index contributed by atoms with van der Waals surface area (Å²) in [6.07, 6.45) is -0.128. The van der Waals surface area contributed by atoms with E-state index in [1.54, 1.807) is 31.2 Å². The summed E-state index contributed by atoms with van der Waals surface area (Å²) in [6, 6.07) is 23.7. The van der Waals surface area contributed by atoms with Gasteiger partial charge in [0.25, 0.3) is 0 Å². The average molecular weight is 525 g/mol. The number of hydrogen-bond acceptors (Lipinski definition) is 6. The summed E-state index contributed by atoms with van der Waals surface area (Å²) >= 11 is 0. The Morgan fingerprint density at radius 2 is 1.59 bits per heavy atom. The zero-order valence-corrected chi connectivity index (χ0v) is 21.9. The molecule has 0 radical (unpaired) electrons. The molecule has 0 aliphatic carbocycles. The smallest absolute Gasteiger partial charge is 0.390 e. The van der Waals surface area contributed by atoms with Crippen LogP contribution in [0.4, 0.5) is 0 Å². The summed E-state index contributed by atoms with van der Waals surface area (Å²) in [7, 11) is -4.09. The van der Waals surface area contributed by atoms with Gasteiger partial charge in [0.15, 0.2) is 0 Å². The van der Waals surface area contributed by atoms with Gasteiger partial charge in [-0.3, -0.25) is 14.9 Å². The second-order valence-corrected chi connectivity index (χ2v) is 10.3. The Morgan fingerprint density at radius 1 is 0.946 bits per heavy atom. The number of benzene rings is 3. The predicted molar refractivity (Wildman–Crippen MR) is 143 cm³/mol. The van der Waals surface area contributed by atoms with Gasteiger partial charge in [0.2, 0.25) is 5.91 Å². The molecule has 9 heteroatoms. The van der Waals surface area contributed by atoms with Gasteiger partial charge in [0.1, 0.15) is 12.0 Å². The van der Waals surface area contributed by atoms with Crippen LogP contribution in [-0.2, 0) is 25.3 Å². The van der Waals surface area contributed by atoms with Gasteiger partial charge < -0.3 is 19.5 Å². The molecule has 0 saturated heterocycles. The molecule has 0 aromatic heterocycles. The molecule has 3 rings (SSSR count). The molecule has 2 atom stereocenters. The van der Waals surface area contributed by atoms with E-state index in [1.165, 1.54) is 0 Å². The first kappa shape index (κ1) is 28.1. The van der Waals surface area contributed by atoms with E-state index in [2.05, 4.69) is 10.6 Å². The minimum atomic E-state index is -4.09. The van der Waals surface area contributed by atoms with Gasteiger partial charge in [-0.25, -0.2) is 4.57 Å². The third-order valence-electron chi connectivity index (χ3n) is 5.56. The van der Waals surface area contributed by atoms with Gasteiger partial charge in [-0.15, -0.1) is 0 Å². The van der Waals surface area contributed by atoms with Gasteiger partial charge in [-0.05, 0) is 49.1 Å². The molecule has 0 heterocycles. The first-order valence-corrected chi connectivity index (χ1v) is 13.9. The van der Waals surface area contributed by atoms with E-state index in [0.29, 0.717) is 0 Å². The number of carbonyl (C=O) groups excluding carboxylic acids is 2. The summed E-state index contributed by atoms with van der Waals surface area (Å²) in [5, 5.41) is 5.59. The topological polar surface area (TPSA) is 114 Å². The van der Waals surface area contributed by atoms with E-state index >= 15 is 0 Å². The van der Waals surface area contributed by atoms with Crippen LogP contribution >= 0.6 is 7.60 Å². The Bertz CT molecular complexity index is 1200. The summed E-state index contributed by atoms with van der Waals surface area (Å²) < 4.78 is 22.9. The standard InChI is InChI=1S/C28H33N2O6P/c1-3-35-27(31)17-18-29-28(32)26(30-20-37(33,34)36-25-15-9-21(2)10-16-25)19-22-11-13-24(14-12-22)23-7-5-4-6-8-23/h4-16,26,30H,3,17-20H2,1-2H3,(H,29,32)(H,33,34)/t26-/m0/s1. The van der Waals surface area contributed by atoms with Gasteiger partial charge >= 0.3 is 13.6 Å². The molecule has 1 unspecified atom stereocenters. The highest BCUT2D eigenvalue weighted by molar-refractivity contribution is 7.53. The van der Waals surface area contributed by atoms with E-state index in [1.807, 2.05) is 61.5 Å². The molecule has 0 spiro atoms. The van der Waals surface area contributed by atoms with Crippen molar-refractivity contribution in [2.75, 3.05) is 19.4 Å². The lowest BCUT2D eigenvalue weighted by atomic mass is 10.0. The summed E-state index contributed by atoms with van der Waals surface area (Å²) in [4.78, 5) is 34.9. The van der Waals surface area contributed by atoms with Crippen LogP contribution in [-0.4, -0.2) is 42.2 Å². The molecule has 3 N–H and O–H groups in total. The van der Waals surface area contributed by atoms with Crippen LogP contribution in [0, 0.1) is 6.92 Å². The van der Waals surface area contributed by atoms with Crippen molar-refractivity contribution in [1.82, 2.24) is 10.6 Å². The molecule has 0 aliphatic rings. The van der Waals surface area contributed by atoms with Crippen molar-refractivity contribution in [2.24, 2.45) is 0 Å². The number of ether oxygens (including phenoxy) is 1.